The minimum Gasteiger partial charge on any atom is -0.310 e. The monoisotopic (exact) mass is 328 g/mol. The molecule has 2 aliphatic rings. The third-order valence-electron chi connectivity index (χ3n) is 4.30. The van der Waals surface area contributed by atoms with Crippen LogP contribution < -0.4 is 10.0 Å². The molecule has 4 nitrogen and oxygen atoms in total. The van der Waals surface area contributed by atoms with Gasteiger partial charge in [-0.1, -0.05) is 18.5 Å². The van der Waals surface area contributed by atoms with E-state index in [1.807, 2.05) is 0 Å². The van der Waals surface area contributed by atoms with Gasteiger partial charge in [0.25, 0.3) is 0 Å². The molecule has 2 N–H and O–H groups in total. The summed E-state index contributed by atoms with van der Waals surface area (Å²) in [5, 5.41) is 3.97. The molecule has 1 aromatic rings. The third kappa shape index (κ3) is 3.97. The normalized spacial score (nSPS) is 25.0. The van der Waals surface area contributed by atoms with Crippen LogP contribution in [0.1, 0.15) is 31.7 Å². The van der Waals surface area contributed by atoms with Gasteiger partial charge in [-0.05, 0) is 54.9 Å². The molecule has 2 atom stereocenters. The smallest absolute Gasteiger partial charge is 0.240 e. The van der Waals surface area contributed by atoms with E-state index < -0.39 is 10.0 Å². The highest BCUT2D eigenvalue weighted by atomic mass is 35.5. The summed E-state index contributed by atoms with van der Waals surface area (Å²) in [5.41, 5.74) is 0.839. The topological polar surface area (TPSA) is 58.2 Å². The van der Waals surface area contributed by atoms with E-state index in [-0.39, 0.29) is 0 Å². The van der Waals surface area contributed by atoms with Crippen LogP contribution in [-0.4, -0.2) is 21.0 Å². The molecule has 0 radical (unpaired) electrons. The lowest BCUT2D eigenvalue weighted by Gasteiger charge is -2.10. The van der Waals surface area contributed by atoms with E-state index in [1.165, 1.54) is 12.8 Å². The average molecular weight is 329 g/mol. The minimum atomic E-state index is -3.44. The Kier molecular flexibility index (Phi) is 4.28. The molecule has 0 spiro atoms. The van der Waals surface area contributed by atoms with Gasteiger partial charge >= 0.3 is 0 Å². The summed E-state index contributed by atoms with van der Waals surface area (Å²) in [6, 6.07) is 5.48. The fraction of sp³-hybridized carbons (Fsp3) is 0.600. The fourth-order valence-corrected chi connectivity index (χ4v) is 3.71. The third-order valence-corrected chi connectivity index (χ3v) is 6.09. The maximum Gasteiger partial charge on any atom is 0.240 e. The molecular weight excluding hydrogens is 308 g/mol. The van der Waals surface area contributed by atoms with Gasteiger partial charge in [0.15, 0.2) is 0 Å². The van der Waals surface area contributed by atoms with Crippen LogP contribution in [0, 0.1) is 11.8 Å². The SMILES string of the molecule is CC1CC1CNS(=O)(=O)c1ccc(Cl)c(CNC2CC2)c1. The molecule has 2 saturated carbocycles. The van der Waals surface area contributed by atoms with Gasteiger partial charge in [-0.25, -0.2) is 13.1 Å². The van der Waals surface area contributed by atoms with E-state index in [0.717, 1.165) is 12.0 Å². The maximum absolute atomic E-state index is 12.3. The molecule has 2 unspecified atom stereocenters. The Morgan fingerprint density at radius 2 is 2.05 bits per heavy atom. The van der Waals surface area contributed by atoms with Gasteiger partial charge in [0.2, 0.25) is 10.0 Å². The van der Waals surface area contributed by atoms with Crippen LogP contribution in [0.3, 0.4) is 0 Å². The van der Waals surface area contributed by atoms with Crippen LogP contribution in [-0.2, 0) is 16.6 Å². The molecule has 0 heterocycles. The summed E-state index contributed by atoms with van der Waals surface area (Å²) in [4.78, 5) is 0.299. The lowest BCUT2D eigenvalue weighted by molar-refractivity contribution is 0.574. The molecule has 0 bridgehead atoms. The second-order valence-corrected chi connectivity index (χ2v) is 8.41. The highest BCUT2D eigenvalue weighted by Crippen LogP contribution is 2.37. The van der Waals surface area contributed by atoms with Crippen LogP contribution in [0.15, 0.2) is 23.1 Å². The second kappa shape index (κ2) is 5.88. The van der Waals surface area contributed by atoms with Crippen molar-refractivity contribution >= 4 is 21.6 Å². The lowest BCUT2D eigenvalue weighted by Crippen LogP contribution is -2.26. The van der Waals surface area contributed by atoms with Crippen LogP contribution >= 0.6 is 11.6 Å². The molecule has 6 heteroatoms. The Bertz CT molecular complexity index is 629. The van der Waals surface area contributed by atoms with Crippen molar-refractivity contribution in [3.05, 3.63) is 28.8 Å². The average Bonchev–Trinajstić information content (AvgIpc) is 3.33. The van der Waals surface area contributed by atoms with Crippen molar-refractivity contribution in [1.29, 1.82) is 0 Å². The number of benzene rings is 1. The van der Waals surface area contributed by atoms with Gasteiger partial charge in [-0.15, -0.1) is 0 Å². The van der Waals surface area contributed by atoms with E-state index >= 15 is 0 Å². The molecular formula is C15H21ClN2O2S. The first-order valence-corrected chi connectivity index (χ1v) is 9.33. The standard InChI is InChI=1S/C15H21ClN2O2S/c1-10-6-11(10)9-18-21(19,20)14-4-5-15(16)12(7-14)8-17-13-2-3-13/h4-5,7,10-11,13,17-18H,2-3,6,8-9H2,1H3. The van der Waals surface area contributed by atoms with Crippen molar-refractivity contribution in [3.63, 3.8) is 0 Å². The van der Waals surface area contributed by atoms with E-state index in [0.29, 0.717) is 40.9 Å². The van der Waals surface area contributed by atoms with E-state index in [1.54, 1.807) is 18.2 Å². The molecule has 116 valence electrons. The summed E-state index contributed by atoms with van der Waals surface area (Å²) in [6.07, 6.45) is 3.49. The van der Waals surface area contributed by atoms with Crippen molar-refractivity contribution in [1.82, 2.24) is 10.0 Å². The molecule has 21 heavy (non-hydrogen) atoms. The van der Waals surface area contributed by atoms with Gasteiger partial charge in [-0.3, -0.25) is 0 Å². The second-order valence-electron chi connectivity index (χ2n) is 6.23. The summed E-state index contributed by atoms with van der Waals surface area (Å²) < 4.78 is 27.3. The molecule has 0 aliphatic heterocycles. The van der Waals surface area contributed by atoms with Crippen LogP contribution in [0.4, 0.5) is 0 Å². The first-order chi connectivity index (χ1) is 9.95. The number of halogens is 1. The van der Waals surface area contributed by atoms with Crippen LogP contribution in [0.5, 0.6) is 0 Å². The molecule has 1 aromatic carbocycles. The minimum absolute atomic E-state index is 0.299. The number of sulfonamides is 1. The zero-order valence-corrected chi connectivity index (χ0v) is 13.7. The Balaban J connectivity index is 1.68. The van der Waals surface area contributed by atoms with E-state index in [9.17, 15) is 8.42 Å². The zero-order valence-electron chi connectivity index (χ0n) is 12.1. The first kappa shape index (κ1) is 15.3. The predicted octanol–water partition coefficient (Wildman–Crippen LogP) is 2.53. The van der Waals surface area contributed by atoms with Crippen molar-refractivity contribution in [2.75, 3.05) is 6.54 Å². The Morgan fingerprint density at radius 3 is 2.67 bits per heavy atom. The lowest BCUT2D eigenvalue weighted by atomic mass is 10.2. The molecule has 0 aromatic heterocycles. The van der Waals surface area contributed by atoms with Gasteiger partial charge in [0.05, 0.1) is 4.90 Å². The van der Waals surface area contributed by atoms with Gasteiger partial charge in [0.1, 0.15) is 0 Å². The summed E-state index contributed by atoms with van der Waals surface area (Å²) >= 11 is 6.15. The largest absolute Gasteiger partial charge is 0.310 e. The molecule has 0 saturated heterocycles. The van der Waals surface area contributed by atoms with E-state index in [2.05, 4.69) is 17.0 Å². The summed E-state index contributed by atoms with van der Waals surface area (Å²) in [7, 11) is -3.44. The fourth-order valence-electron chi connectivity index (χ4n) is 2.38. The quantitative estimate of drug-likeness (QED) is 0.808. The maximum atomic E-state index is 12.3. The highest BCUT2D eigenvalue weighted by molar-refractivity contribution is 7.89. The number of hydrogen-bond acceptors (Lipinski definition) is 3. The van der Waals surface area contributed by atoms with Gasteiger partial charge < -0.3 is 5.32 Å². The Labute approximate surface area is 131 Å². The summed E-state index contributed by atoms with van der Waals surface area (Å²) in [5.74, 6) is 1.12. The van der Waals surface area contributed by atoms with Crippen molar-refractivity contribution in [2.45, 2.75) is 43.7 Å². The molecule has 3 rings (SSSR count). The molecule has 2 fully saturated rings. The zero-order chi connectivity index (χ0) is 15.0. The number of nitrogens with one attached hydrogen (secondary N) is 2. The summed E-state index contributed by atoms with van der Waals surface area (Å²) in [6.45, 7) is 3.29. The van der Waals surface area contributed by atoms with Gasteiger partial charge in [0, 0.05) is 24.2 Å². The molecule has 2 aliphatic carbocycles. The number of rotatable bonds is 7. The Hall–Kier alpha value is -0.620. The van der Waals surface area contributed by atoms with E-state index in [4.69, 9.17) is 11.6 Å². The van der Waals surface area contributed by atoms with Crippen LogP contribution in [0.2, 0.25) is 5.02 Å². The predicted molar refractivity (Wildman–Crippen MR) is 83.8 cm³/mol. The van der Waals surface area contributed by atoms with Gasteiger partial charge in [-0.2, -0.15) is 0 Å². The Morgan fingerprint density at radius 1 is 1.33 bits per heavy atom. The molecule has 0 amide bonds. The number of hydrogen-bond donors (Lipinski definition) is 2. The first-order valence-electron chi connectivity index (χ1n) is 7.47. The highest BCUT2D eigenvalue weighted by Gasteiger charge is 2.33. The van der Waals surface area contributed by atoms with Crippen LogP contribution in [0.25, 0.3) is 0 Å². The van der Waals surface area contributed by atoms with Crippen molar-refractivity contribution in [2.24, 2.45) is 11.8 Å². The van der Waals surface area contributed by atoms with Crippen molar-refractivity contribution < 1.29 is 8.42 Å². The van der Waals surface area contributed by atoms with Crippen molar-refractivity contribution in [3.8, 4) is 0 Å².